The first kappa shape index (κ1) is 9.91. The number of hydrogen-bond acceptors (Lipinski definition) is 4. The van der Waals surface area contributed by atoms with E-state index in [0.717, 1.165) is 0 Å². The van der Waals surface area contributed by atoms with Crippen molar-refractivity contribution in [2.45, 2.75) is 0 Å². The quantitative estimate of drug-likeness (QED) is 0.404. The van der Waals surface area contributed by atoms with Gasteiger partial charge in [0.1, 0.15) is 6.29 Å². The van der Waals surface area contributed by atoms with Crippen LogP contribution in [-0.4, -0.2) is 18.5 Å². The van der Waals surface area contributed by atoms with E-state index in [1.165, 1.54) is 0 Å². The van der Waals surface area contributed by atoms with Crippen LogP contribution in [0.1, 0.15) is 10.4 Å². The van der Waals surface area contributed by atoms with Gasteiger partial charge in [0, 0.05) is 5.56 Å². The molecule has 72 valence electrons. The lowest BCUT2D eigenvalue weighted by Gasteiger charge is -2.04. The summed E-state index contributed by atoms with van der Waals surface area (Å²) >= 11 is 0. The van der Waals surface area contributed by atoms with Crippen molar-refractivity contribution >= 4 is 24.2 Å². The van der Waals surface area contributed by atoms with Crippen molar-refractivity contribution in [3.8, 4) is 0 Å². The molecule has 0 aliphatic carbocycles. The van der Waals surface area contributed by atoms with Crippen molar-refractivity contribution in [1.82, 2.24) is 5.43 Å². The number of rotatable bonds is 4. The van der Waals surface area contributed by atoms with Gasteiger partial charge in [-0.3, -0.25) is 25.2 Å². The Balaban J connectivity index is 2.55. The predicted molar refractivity (Wildman–Crippen MR) is 49.7 cm³/mol. The maximum Gasteiger partial charge on any atom is 0.302 e. The molecule has 5 heteroatoms. The highest BCUT2D eigenvalue weighted by Gasteiger charge is 1.96. The molecule has 0 aromatic heterocycles. The van der Waals surface area contributed by atoms with E-state index >= 15 is 0 Å². The van der Waals surface area contributed by atoms with Gasteiger partial charge in [0.05, 0.1) is 5.69 Å². The van der Waals surface area contributed by atoms with E-state index in [0.29, 0.717) is 17.5 Å². The monoisotopic (exact) mass is 192 g/mol. The van der Waals surface area contributed by atoms with E-state index in [9.17, 15) is 14.4 Å². The molecule has 0 atom stereocenters. The van der Waals surface area contributed by atoms with Crippen molar-refractivity contribution in [1.29, 1.82) is 0 Å². The predicted octanol–water partition coefficient (Wildman–Crippen LogP) is 0.141. The lowest BCUT2D eigenvalue weighted by Crippen LogP contribution is -2.29. The van der Waals surface area contributed by atoms with E-state index in [1.807, 2.05) is 0 Å². The van der Waals surface area contributed by atoms with Crippen molar-refractivity contribution in [2.24, 2.45) is 0 Å². The number of benzene rings is 1. The molecular weight excluding hydrogens is 184 g/mol. The summed E-state index contributed by atoms with van der Waals surface area (Å²) in [5, 5.41) is 0. The third-order valence-electron chi connectivity index (χ3n) is 1.48. The zero-order valence-corrected chi connectivity index (χ0v) is 7.19. The lowest BCUT2D eigenvalue weighted by molar-refractivity contribution is -0.130. The average Bonchev–Trinajstić information content (AvgIpc) is 2.26. The van der Waals surface area contributed by atoms with Gasteiger partial charge in [-0.05, 0) is 24.3 Å². The smallest absolute Gasteiger partial charge is 0.298 e. The van der Waals surface area contributed by atoms with E-state index in [-0.39, 0.29) is 6.29 Å². The minimum absolute atomic E-state index is 0.160. The van der Waals surface area contributed by atoms with Gasteiger partial charge >= 0.3 is 5.91 Å². The number of nitrogens with one attached hydrogen (secondary N) is 2. The van der Waals surface area contributed by atoms with Crippen molar-refractivity contribution < 1.29 is 14.4 Å². The van der Waals surface area contributed by atoms with Gasteiger partial charge in [0.25, 0.3) is 0 Å². The highest BCUT2D eigenvalue weighted by Crippen LogP contribution is 2.06. The fourth-order valence-electron chi connectivity index (χ4n) is 0.808. The Bertz CT molecular complexity index is 346. The fraction of sp³-hybridized carbons (Fsp3) is 0. The number of carbonyl (C=O) groups is 3. The van der Waals surface area contributed by atoms with Crippen LogP contribution in [0.3, 0.4) is 0 Å². The average molecular weight is 192 g/mol. The topological polar surface area (TPSA) is 75.3 Å². The van der Waals surface area contributed by atoms with E-state index in [4.69, 9.17) is 0 Å². The summed E-state index contributed by atoms with van der Waals surface area (Å²) in [6.07, 6.45) is 0.876. The van der Waals surface area contributed by atoms with Crippen LogP contribution >= 0.6 is 0 Å². The SMILES string of the molecule is O=CC(=O)NNc1ccc(C=O)cc1. The third kappa shape index (κ3) is 2.71. The molecule has 1 amide bonds. The summed E-state index contributed by atoms with van der Waals surface area (Å²) in [5.41, 5.74) is 5.77. The first-order valence-electron chi connectivity index (χ1n) is 3.82. The molecule has 0 fully saturated rings. The molecule has 5 nitrogen and oxygen atoms in total. The van der Waals surface area contributed by atoms with Gasteiger partial charge in [0.2, 0.25) is 6.29 Å². The number of carbonyl (C=O) groups excluding carboxylic acids is 3. The summed E-state index contributed by atoms with van der Waals surface area (Å²) in [6.45, 7) is 0. The minimum atomic E-state index is -0.760. The van der Waals surface area contributed by atoms with Crippen LogP contribution in [0.15, 0.2) is 24.3 Å². The standard InChI is InChI=1S/C9H8N2O3/c12-5-7-1-3-8(4-2-7)10-11-9(14)6-13/h1-6,10H,(H,11,14). The molecule has 1 rings (SSSR count). The maximum atomic E-state index is 10.5. The number of aldehydes is 2. The third-order valence-corrected chi connectivity index (χ3v) is 1.48. The molecule has 0 spiro atoms. The molecule has 0 saturated heterocycles. The number of anilines is 1. The molecule has 0 heterocycles. The van der Waals surface area contributed by atoms with Gasteiger partial charge in [0.15, 0.2) is 0 Å². The largest absolute Gasteiger partial charge is 0.302 e. The van der Waals surface area contributed by atoms with Crippen LogP contribution in [-0.2, 0) is 9.59 Å². The molecule has 0 unspecified atom stereocenters. The van der Waals surface area contributed by atoms with Crippen molar-refractivity contribution in [3.05, 3.63) is 29.8 Å². The van der Waals surface area contributed by atoms with Crippen LogP contribution in [0.5, 0.6) is 0 Å². The summed E-state index contributed by atoms with van der Waals surface area (Å²) in [4.78, 5) is 30.7. The Morgan fingerprint density at radius 3 is 2.29 bits per heavy atom. The summed E-state index contributed by atoms with van der Waals surface area (Å²) in [7, 11) is 0. The number of amides is 1. The summed E-state index contributed by atoms with van der Waals surface area (Å²) in [6, 6.07) is 6.38. The van der Waals surface area contributed by atoms with Gasteiger partial charge < -0.3 is 0 Å². The zero-order valence-electron chi connectivity index (χ0n) is 7.19. The number of hydrazine groups is 1. The first-order chi connectivity index (χ1) is 6.76. The second-order valence-electron chi connectivity index (χ2n) is 2.47. The van der Waals surface area contributed by atoms with Crippen LogP contribution in [0.25, 0.3) is 0 Å². The molecular formula is C9H8N2O3. The Labute approximate surface area is 80.1 Å². The fourth-order valence-corrected chi connectivity index (χ4v) is 0.808. The molecule has 1 aromatic rings. The molecule has 1 aromatic carbocycles. The summed E-state index contributed by atoms with van der Waals surface area (Å²) in [5.74, 6) is -0.760. The van der Waals surface area contributed by atoms with Crippen LogP contribution in [0.2, 0.25) is 0 Å². The highest BCUT2D eigenvalue weighted by atomic mass is 16.2. The second-order valence-corrected chi connectivity index (χ2v) is 2.47. The Morgan fingerprint density at radius 2 is 1.79 bits per heavy atom. The molecule has 0 radical (unpaired) electrons. The summed E-state index contributed by atoms with van der Waals surface area (Å²) < 4.78 is 0. The molecule has 0 aliphatic heterocycles. The Hall–Kier alpha value is -2.17. The maximum absolute atomic E-state index is 10.5. The first-order valence-corrected chi connectivity index (χ1v) is 3.82. The lowest BCUT2D eigenvalue weighted by atomic mass is 10.2. The zero-order chi connectivity index (χ0) is 10.4. The van der Waals surface area contributed by atoms with Crippen LogP contribution < -0.4 is 10.9 Å². The minimum Gasteiger partial charge on any atom is -0.298 e. The molecule has 0 aliphatic rings. The highest BCUT2D eigenvalue weighted by molar-refractivity contribution is 6.23. The van der Waals surface area contributed by atoms with Gasteiger partial charge in [-0.1, -0.05) is 0 Å². The number of hydrogen-bond donors (Lipinski definition) is 2. The second kappa shape index (κ2) is 4.76. The van der Waals surface area contributed by atoms with E-state index in [2.05, 4.69) is 10.9 Å². The molecule has 0 bridgehead atoms. The van der Waals surface area contributed by atoms with Gasteiger partial charge in [-0.2, -0.15) is 0 Å². The van der Waals surface area contributed by atoms with Crippen molar-refractivity contribution in [3.63, 3.8) is 0 Å². The van der Waals surface area contributed by atoms with E-state index < -0.39 is 5.91 Å². The molecule has 14 heavy (non-hydrogen) atoms. The van der Waals surface area contributed by atoms with Gasteiger partial charge in [-0.25, -0.2) is 0 Å². The Morgan fingerprint density at radius 1 is 1.14 bits per heavy atom. The van der Waals surface area contributed by atoms with Crippen LogP contribution in [0, 0.1) is 0 Å². The van der Waals surface area contributed by atoms with E-state index in [1.54, 1.807) is 24.3 Å². The van der Waals surface area contributed by atoms with Crippen LogP contribution in [0.4, 0.5) is 5.69 Å². The molecule has 2 N–H and O–H groups in total. The van der Waals surface area contributed by atoms with Crippen molar-refractivity contribution in [2.75, 3.05) is 5.43 Å². The Kier molecular flexibility index (Phi) is 3.37. The van der Waals surface area contributed by atoms with Gasteiger partial charge in [-0.15, -0.1) is 0 Å². The normalized spacial score (nSPS) is 8.86. The molecule has 0 saturated carbocycles.